The highest BCUT2D eigenvalue weighted by Gasteiger charge is 2.81. The molecule has 0 amide bonds. The summed E-state index contributed by atoms with van der Waals surface area (Å²) in [5, 5.41) is 14.4. The highest BCUT2D eigenvalue weighted by molar-refractivity contribution is 7.79. The van der Waals surface area contributed by atoms with Gasteiger partial charge in [0.1, 0.15) is 5.41 Å². The topological polar surface area (TPSA) is 134 Å². The quantitative estimate of drug-likeness (QED) is 0.147. The first-order chi connectivity index (χ1) is 28.3. The molecule has 3 fully saturated rings. The molecular weight excluding hydrogens is 769 g/mol. The van der Waals surface area contributed by atoms with Crippen LogP contribution in [0.4, 0.5) is 0 Å². The van der Waals surface area contributed by atoms with E-state index in [-0.39, 0.29) is 17.9 Å². The van der Waals surface area contributed by atoms with Gasteiger partial charge in [0, 0.05) is 98.1 Å². The zero-order chi connectivity index (χ0) is 41.8. The number of hydrogen-bond donors (Lipinski definition) is 3. The Balaban J connectivity index is 1.34. The largest absolute Gasteiger partial charge is 0.468 e. The van der Waals surface area contributed by atoms with E-state index in [1.807, 2.05) is 18.9 Å². The van der Waals surface area contributed by atoms with Gasteiger partial charge in [-0.05, 0) is 73.1 Å². The van der Waals surface area contributed by atoms with Gasteiger partial charge in [-0.25, -0.2) is 4.79 Å². The number of aliphatic hydroxyl groups is 1. The highest BCUT2D eigenvalue weighted by Crippen LogP contribution is 2.70. The number of fused-ring (bicyclic) bond motifs is 6. The fourth-order valence-electron chi connectivity index (χ4n) is 13.5. The zero-order valence-electron chi connectivity index (χ0n) is 35.2. The minimum atomic E-state index is -2.27. The van der Waals surface area contributed by atoms with Crippen molar-refractivity contribution in [3.8, 4) is 0 Å². The Kier molecular flexibility index (Phi) is 9.86. The molecule has 7 aliphatic rings. The summed E-state index contributed by atoms with van der Waals surface area (Å²) in [5.41, 5.74) is 1.78. The number of likely N-dealkylation sites (tertiary alicyclic amines) is 1. The minimum absolute atomic E-state index is 0.0468. The number of rotatable bonds is 8. The molecule has 11 atom stereocenters. The molecule has 2 aliphatic carbocycles. The summed E-state index contributed by atoms with van der Waals surface area (Å²) < 4.78 is 24.1. The molecular formula is C46H58N4O8S. The first kappa shape index (κ1) is 40.5. The number of hydrogen-bond acceptors (Lipinski definition) is 12. The van der Waals surface area contributed by atoms with Gasteiger partial charge in [-0.1, -0.05) is 49.8 Å². The van der Waals surface area contributed by atoms with Crippen LogP contribution in [0.3, 0.4) is 0 Å². The second kappa shape index (κ2) is 14.4. The number of methoxy groups -OCH3 is 3. The standard InChI is InChI=1S/C46H58N4O8S/c1-8-27-17-29-21-45(41(52)56-6,37-31(24-49(22-27)23-29)30-18-28(25-59)11-12-34(30)47-37)33-19-32-35(20-36(33)55-5)48(4)39-44(32)14-16-50-15-10-13-43(9-2,38(44)50)40(58-26(3)51)46(39,54)42(53)57-7/h10-13,17-20,29,33,36,38-40,47,54,59H,8-9,14-16,21-25H2,1-7H3/t29-,33?,36?,38+,39-,40-,43-,44-,45+,46+/m1/s1. The van der Waals surface area contributed by atoms with Gasteiger partial charge in [0.2, 0.25) is 5.60 Å². The van der Waals surface area contributed by atoms with E-state index in [1.165, 1.54) is 26.7 Å². The maximum atomic E-state index is 15.3. The van der Waals surface area contributed by atoms with Gasteiger partial charge >= 0.3 is 17.9 Å². The summed E-state index contributed by atoms with van der Waals surface area (Å²) >= 11 is 4.63. The number of thiol groups is 1. The summed E-state index contributed by atoms with van der Waals surface area (Å²) in [6.07, 6.45) is 11.5. The summed E-state index contributed by atoms with van der Waals surface area (Å²) in [6, 6.07) is 5.23. The maximum Gasteiger partial charge on any atom is 0.344 e. The lowest BCUT2D eigenvalue weighted by Crippen LogP contribution is -2.79. The number of ether oxygens (including phenoxy) is 4. The van der Waals surface area contributed by atoms with Crippen LogP contribution in [-0.2, 0) is 51.0 Å². The van der Waals surface area contributed by atoms with E-state index in [2.05, 4.69) is 82.9 Å². The van der Waals surface area contributed by atoms with Crippen LogP contribution in [0.5, 0.6) is 0 Å². The van der Waals surface area contributed by atoms with Crippen molar-refractivity contribution in [2.75, 3.05) is 54.6 Å². The molecule has 2 bridgehead atoms. The van der Waals surface area contributed by atoms with Crippen LogP contribution < -0.4 is 0 Å². The van der Waals surface area contributed by atoms with Crippen molar-refractivity contribution in [3.63, 3.8) is 0 Å². The number of nitrogens with one attached hydrogen (secondary N) is 1. The Bertz CT molecular complexity index is 2230. The van der Waals surface area contributed by atoms with E-state index >= 15 is 4.79 Å². The number of benzene rings is 1. The molecule has 1 aromatic heterocycles. The number of esters is 3. The Morgan fingerprint density at radius 2 is 1.81 bits per heavy atom. The number of carbonyl (C=O) groups is 3. The number of nitrogens with zero attached hydrogens (tertiary/aromatic N) is 3. The first-order valence-electron chi connectivity index (χ1n) is 21.2. The van der Waals surface area contributed by atoms with Crippen molar-refractivity contribution in [1.82, 2.24) is 19.7 Å². The van der Waals surface area contributed by atoms with Crippen molar-refractivity contribution in [3.05, 3.63) is 82.2 Å². The molecule has 1 saturated carbocycles. The first-order valence-corrected chi connectivity index (χ1v) is 21.8. The second-order valence-electron chi connectivity index (χ2n) is 18.0. The van der Waals surface area contributed by atoms with Gasteiger partial charge in [-0.3, -0.25) is 19.4 Å². The fourth-order valence-corrected chi connectivity index (χ4v) is 13.7. The van der Waals surface area contributed by atoms with Gasteiger partial charge in [0.05, 0.1) is 26.4 Å². The fraction of sp³-hybridized carbons (Fsp3) is 0.587. The van der Waals surface area contributed by atoms with Crippen molar-refractivity contribution >= 4 is 41.4 Å². The predicted octanol–water partition coefficient (Wildman–Crippen LogP) is 4.83. The summed E-state index contributed by atoms with van der Waals surface area (Å²) in [5.74, 6) is -1.71. The molecule has 1 spiro atoms. The SMILES string of the molecule is CCC1=C[C@H]2CN(C1)Cc1c([nH]c3ccc(CS)cc13)[C@@](C(=O)OC)(C1C=C3C(=CC1OC)N(C)[C@H]1[C@@](O)(C(=O)OC)[C@H](OC(C)=O)[C@]4(CC)C=CCN5CC[C@]31[C@@H]54)C2. The number of carbonyl (C=O) groups excluding carboxylic acids is 3. The van der Waals surface area contributed by atoms with Crippen LogP contribution in [0.25, 0.3) is 10.9 Å². The molecule has 12 nitrogen and oxygen atoms in total. The molecule has 2 saturated heterocycles. The Labute approximate surface area is 352 Å². The monoisotopic (exact) mass is 826 g/mol. The average Bonchev–Trinajstić information content (AvgIpc) is 3.89. The normalized spacial score (nSPS) is 38.2. The Hall–Kier alpha value is -3.88. The van der Waals surface area contributed by atoms with E-state index in [9.17, 15) is 14.7 Å². The van der Waals surface area contributed by atoms with Gasteiger partial charge in [0.15, 0.2) is 6.10 Å². The lowest BCUT2D eigenvalue weighted by Gasteiger charge is -2.63. The maximum absolute atomic E-state index is 15.3. The third-order valence-corrected chi connectivity index (χ3v) is 15.9. The van der Waals surface area contributed by atoms with E-state index in [4.69, 9.17) is 18.9 Å². The molecule has 6 heterocycles. The summed E-state index contributed by atoms with van der Waals surface area (Å²) in [7, 11) is 6.33. The van der Waals surface area contributed by atoms with Gasteiger partial charge in [-0.15, -0.1) is 0 Å². The summed E-state index contributed by atoms with van der Waals surface area (Å²) in [4.78, 5) is 53.5. The molecule has 3 unspecified atom stereocenters. The molecule has 2 N–H and O–H groups in total. The van der Waals surface area contributed by atoms with Crippen molar-refractivity contribution in [2.24, 2.45) is 22.7 Å². The Morgan fingerprint density at radius 1 is 1.03 bits per heavy atom. The molecule has 316 valence electrons. The average molecular weight is 827 g/mol. The third-order valence-electron chi connectivity index (χ3n) is 15.5. The second-order valence-corrected chi connectivity index (χ2v) is 18.3. The molecule has 1 aromatic carbocycles. The van der Waals surface area contributed by atoms with Crippen LogP contribution in [-0.4, -0.2) is 127 Å². The lowest BCUT2D eigenvalue weighted by molar-refractivity contribution is -0.243. The lowest BCUT2D eigenvalue weighted by atomic mass is 9.47. The third kappa shape index (κ3) is 5.33. The van der Waals surface area contributed by atoms with Crippen LogP contribution in [0.15, 0.2) is 65.4 Å². The smallest absolute Gasteiger partial charge is 0.344 e. The zero-order valence-corrected chi connectivity index (χ0v) is 36.1. The van der Waals surface area contributed by atoms with E-state index in [0.29, 0.717) is 44.6 Å². The van der Waals surface area contributed by atoms with Gasteiger partial charge < -0.3 is 33.9 Å². The van der Waals surface area contributed by atoms with Crippen LogP contribution in [0, 0.1) is 22.7 Å². The highest BCUT2D eigenvalue weighted by atomic mass is 32.1. The Morgan fingerprint density at radius 3 is 2.49 bits per heavy atom. The summed E-state index contributed by atoms with van der Waals surface area (Å²) in [6.45, 7) is 9.24. The van der Waals surface area contributed by atoms with Crippen molar-refractivity contribution in [2.45, 2.75) is 94.1 Å². The number of allylic oxidation sites excluding steroid dienone is 1. The molecule has 59 heavy (non-hydrogen) atoms. The van der Waals surface area contributed by atoms with Gasteiger partial charge in [0.25, 0.3) is 0 Å². The number of H-pyrrole nitrogens is 1. The molecule has 5 aliphatic heterocycles. The van der Waals surface area contributed by atoms with E-state index < -0.39 is 58.0 Å². The molecule has 13 heteroatoms. The van der Waals surface area contributed by atoms with Crippen molar-refractivity contribution in [1.29, 1.82) is 0 Å². The van der Waals surface area contributed by atoms with Crippen LogP contribution in [0.2, 0.25) is 0 Å². The van der Waals surface area contributed by atoms with E-state index in [1.54, 1.807) is 7.11 Å². The number of aromatic amines is 1. The molecule has 0 radical (unpaired) electrons. The van der Waals surface area contributed by atoms with E-state index in [0.717, 1.165) is 58.5 Å². The number of likely N-dealkylation sites (N-methyl/N-ethyl adjacent to an activating group) is 1. The minimum Gasteiger partial charge on any atom is -0.468 e. The van der Waals surface area contributed by atoms with Crippen LogP contribution in [0.1, 0.15) is 63.3 Å². The van der Waals surface area contributed by atoms with Crippen LogP contribution >= 0.6 is 12.6 Å². The number of aromatic nitrogens is 1. The predicted molar refractivity (Wildman–Crippen MR) is 225 cm³/mol. The van der Waals surface area contributed by atoms with Gasteiger partial charge in [-0.2, -0.15) is 12.6 Å². The van der Waals surface area contributed by atoms with Crippen molar-refractivity contribution < 1.29 is 38.4 Å². The molecule has 2 aromatic rings. The molecule has 9 rings (SSSR count).